The fourth-order valence-corrected chi connectivity index (χ4v) is 1.50. The lowest BCUT2D eigenvalue weighted by molar-refractivity contribution is 0.394. The third kappa shape index (κ3) is 3.07. The molecule has 0 N–H and O–H groups in total. The summed E-state index contributed by atoms with van der Waals surface area (Å²) >= 11 is 0. The molecule has 1 heterocycles. The molecule has 0 bridgehead atoms. The third-order valence-corrected chi connectivity index (χ3v) is 2.40. The summed E-state index contributed by atoms with van der Waals surface area (Å²) in [5, 5.41) is 0. The Hall–Kier alpha value is -2.36. The molecule has 0 unspecified atom stereocenters. The lowest BCUT2D eigenvalue weighted by Gasteiger charge is -2.05. The Morgan fingerprint density at radius 3 is 2.22 bits per heavy atom. The van der Waals surface area contributed by atoms with Crippen LogP contribution in [0, 0.1) is 0 Å². The molecule has 1 aromatic heterocycles. The maximum atomic E-state index is 5.21. The van der Waals surface area contributed by atoms with Crippen molar-refractivity contribution < 1.29 is 9.47 Å². The van der Waals surface area contributed by atoms with E-state index in [1.54, 1.807) is 32.8 Å². The van der Waals surface area contributed by atoms with E-state index in [0.717, 1.165) is 22.8 Å². The third-order valence-electron chi connectivity index (χ3n) is 2.40. The number of hydrogen-bond acceptors (Lipinski definition) is 4. The lowest BCUT2D eigenvalue weighted by Crippen LogP contribution is -1.88. The summed E-state index contributed by atoms with van der Waals surface area (Å²) in [6.07, 6.45) is 8.84. The van der Waals surface area contributed by atoms with Crippen LogP contribution in [0.25, 0.3) is 12.2 Å². The molecule has 18 heavy (non-hydrogen) atoms. The summed E-state index contributed by atoms with van der Waals surface area (Å²) in [5.74, 6) is 1.52. The van der Waals surface area contributed by atoms with Gasteiger partial charge in [-0.05, 0) is 23.8 Å². The predicted octanol–water partition coefficient (Wildman–Crippen LogP) is 2.66. The van der Waals surface area contributed by atoms with Gasteiger partial charge in [-0.15, -0.1) is 0 Å². The van der Waals surface area contributed by atoms with Gasteiger partial charge in [-0.25, -0.2) is 0 Å². The molecule has 0 saturated heterocycles. The van der Waals surface area contributed by atoms with Crippen LogP contribution >= 0.6 is 0 Å². The van der Waals surface area contributed by atoms with E-state index in [2.05, 4.69) is 9.97 Å². The van der Waals surface area contributed by atoms with E-state index in [1.807, 2.05) is 30.4 Å². The minimum atomic E-state index is 0.758. The molecule has 1 aromatic carbocycles. The van der Waals surface area contributed by atoms with Gasteiger partial charge in [0.05, 0.1) is 26.1 Å². The molecule has 2 rings (SSSR count). The average Bonchev–Trinajstić information content (AvgIpc) is 2.45. The first kappa shape index (κ1) is 12.1. The second kappa shape index (κ2) is 5.82. The van der Waals surface area contributed by atoms with E-state index >= 15 is 0 Å². The molecule has 4 nitrogen and oxygen atoms in total. The van der Waals surface area contributed by atoms with Gasteiger partial charge in [0, 0.05) is 18.5 Å². The van der Waals surface area contributed by atoms with E-state index in [1.165, 1.54) is 0 Å². The Kier molecular flexibility index (Phi) is 3.91. The van der Waals surface area contributed by atoms with Crippen LogP contribution in [-0.4, -0.2) is 24.2 Å². The Balaban J connectivity index is 2.25. The summed E-state index contributed by atoms with van der Waals surface area (Å²) in [7, 11) is 3.26. The van der Waals surface area contributed by atoms with Crippen LogP contribution in [0.15, 0.2) is 36.8 Å². The quantitative estimate of drug-likeness (QED) is 0.826. The lowest BCUT2D eigenvalue weighted by atomic mass is 10.2. The predicted molar refractivity (Wildman–Crippen MR) is 70.5 cm³/mol. The number of methoxy groups -OCH3 is 2. The highest BCUT2D eigenvalue weighted by Gasteiger charge is 1.99. The topological polar surface area (TPSA) is 44.2 Å². The standard InChI is InChI=1S/C14H14N2O2/c1-17-13-7-11(8-14(9-13)18-2)3-4-12-10-15-5-6-16-12/h3-10H,1-2H3/b4-3+. The zero-order chi connectivity index (χ0) is 12.8. The summed E-state index contributed by atoms with van der Waals surface area (Å²) in [5.41, 5.74) is 1.79. The second-order valence-electron chi connectivity index (χ2n) is 3.61. The second-order valence-corrected chi connectivity index (χ2v) is 3.61. The molecular formula is C14H14N2O2. The minimum Gasteiger partial charge on any atom is -0.497 e. The zero-order valence-electron chi connectivity index (χ0n) is 10.3. The van der Waals surface area contributed by atoms with Crippen molar-refractivity contribution in [3.05, 3.63) is 48.0 Å². The maximum absolute atomic E-state index is 5.21. The molecule has 0 atom stereocenters. The van der Waals surface area contributed by atoms with E-state index in [4.69, 9.17) is 9.47 Å². The summed E-state index contributed by atoms with van der Waals surface area (Å²) in [4.78, 5) is 8.17. The van der Waals surface area contributed by atoms with Crippen molar-refractivity contribution in [2.24, 2.45) is 0 Å². The first-order chi connectivity index (χ1) is 8.81. The number of benzene rings is 1. The molecule has 0 aliphatic heterocycles. The van der Waals surface area contributed by atoms with E-state index < -0.39 is 0 Å². The van der Waals surface area contributed by atoms with E-state index in [9.17, 15) is 0 Å². The highest BCUT2D eigenvalue weighted by atomic mass is 16.5. The van der Waals surface area contributed by atoms with Crippen molar-refractivity contribution >= 4 is 12.2 Å². The van der Waals surface area contributed by atoms with Crippen molar-refractivity contribution in [3.63, 3.8) is 0 Å². The highest BCUT2D eigenvalue weighted by Crippen LogP contribution is 2.23. The van der Waals surface area contributed by atoms with Crippen molar-refractivity contribution in [2.75, 3.05) is 14.2 Å². The van der Waals surface area contributed by atoms with Gasteiger partial charge >= 0.3 is 0 Å². The first-order valence-electron chi connectivity index (χ1n) is 5.49. The van der Waals surface area contributed by atoms with Crippen molar-refractivity contribution in [3.8, 4) is 11.5 Å². The Labute approximate surface area is 106 Å². The van der Waals surface area contributed by atoms with Crippen LogP contribution in [0.5, 0.6) is 11.5 Å². The first-order valence-corrected chi connectivity index (χ1v) is 5.49. The van der Waals surface area contributed by atoms with Crippen LogP contribution in [0.3, 0.4) is 0 Å². The molecule has 0 amide bonds. The molecule has 0 fully saturated rings. The fraction of sp³-hybridized carbons (Fsp3) is 0.143. The van der Waals surface area contributed by atoms with Gasteiger partial charge in [-0.2, -0.15) is 0 Å². The van der Waals surface area contributed by atoms with Crippen molar-refractivity contribution in [1.82, 2.24) is 9.97 Å². The summed E-state index contributed by atoms with van der Waals surface area (Å²) in [6.45, 7) is 0. The fourth-order valence-electron chi connectivity index (χ4n) is 1.50. The Bertz CT molecular complexity index is 516. The van der Waals surface area contributed by atoms with Crippen LogP contribution in [0.2, 0.25) is 0 Å². The number of ether oxygens (including phenoxy) is 2. The minimum absolute atomic E-state index is 0.758. The summed E-state index contributed by atoms with van der Waals surface area (Å²) < 4.78 is 10.4. The van der Waals surface area contributed by atoms with Crippen LogP contribution in [0.1, 0.15) is 11.3 Å². The highest BCUT2D eigenvalue weighted by molar-refractivity contribution is 5.69. The van der Waals surface area contributed by atoms with Gasteiger partial charge in [0.15, 0.2) is 0 Å². The number of hydrogen-bond donors (Lipinski definition) is 0. The van der Waals surface area contributed by atoms with Crippen molar-refractivity contribution in [1.29, 1.82) is 0 Å². The molecule has 0 radical (unpaired) electrons. The number of nitrogens with zero attached hydrogens (tertiary/aromatic N) is 2. The van der Waals surface area contributed by atoms with Gasteiger partial charge in [0.2, 0.25) is 0 Å². The molecule has 92 valence electrons. The van der Waals surface area contributed by atoms with Gasteiger partial charge in [0.1, 0.15) is 11.5 Å². The normalized spacial score (nSPS) is 10.6. The molecular weight excluding hydrogens is 228 g/mol. The molecule has 0 saturated carbocycles. The molecule has 2 aromatic rings. The largest absolute Gasteiger partial charge is 0.497 e. The smallest absolute Gasteiger partial charge is 0.123 e. The molecule has 0 spiro atoms. The number of rotatable bonds is 4. The Morgan fingerprint density at radius 2 is 1.67 bits per heavy atom. The van der Waals surface area contributed by atoms with Gasteiger partial charge < -0.3 is 9.47 Å². The number of aromatic nitrogens is 2. The maximum Gasteiger partial charge on any atom is 0.123 e. The Morgan fingerprint density at radius 1 is 0.944 bits per heavy atom. The monoisotopic (exact) mass is 242 g/mol. The molecule has 0 aliphatic carbocycles. The summed E-state index contributed by atoms with van der Waals surface area (Å²) in [6, 6.07) is 5.68. The van der Waals surface area contributed by atoms with Gasteiger partial charge in [0.25, 0.3) is 0 Å². The molecule has 0 aliphatic rings. The average molecular weight is 242 g/mol. The van der Waals surface area contributed by atoms with Crippen LogP contribution in [-0.2, 0) is 0 Å². The van der Waals surface area contributed by atoms with Crippen LogP contribution < -0.4 is 9.47 Å². The van der Waals surface area contributed by atoms with E-state index in [-0.39, 0.29) is 0 Å². The van der Waals surface area contributed by atoms with Gasteiger partial charge in [-0.3, -0.25) is 9.97 Å². The SMILES string of the molecule is COc1cc(/C=C/c2cnccn2)cc(OC)c1. The van der Waals surface area contributed by atoms with Gasteiger partial charge in [-0.1, -0.05) is 6.08 Å². The molecule has 4 heteroatoms. The van der Waals surface area contributed by atoms with Crippen LogP contribution in [0.4, 0.5) is 0 Å². The zero-order valence-corrected chi connectivity index (χ0v) is 10.3. The van der Waals surface area contributed by atoms with Crippen molar-refractivity contribution in [2.45, 2.75) is 0 Å². The van der Waals surface area contributed by atoms with E-state index in [0.29, 0.717) is 0 Å².